The van der Waals surface area contributed by atoms with E-state index in [0.29, 0.717) is 21.7 Å². The number of halogens is 1. The molecular weight excluding hydrogens is 344 g/mol. The number of hydrogen-bond acceptors (Lipinski definition) is 3. The SMILES string of the molecule is O=C(NC(=S)Nc1cccc2c(O)cccc12)c1cccc(Cl)c1. The largest absolute Gasteiger partial charge is 0.507 e. The quantitative estimate of drug-likeness (QED) is 0.598. The van der Waals surface area contributed by atoms with Crippen molar-refractivity contribution in [3.8, 4) is 5.75 Å². The molecule has 0 aliphatic carbocycles. The number of nitrogens with one attached hydrogen (secondary N) is 2. The number of benzene rings is 3. The minimum atomic E-state index is -0.349. The number of phenolic OH excluding ortho intramolecular Hbond substituents is 1. The zero-order valence-electron chi connectivity index (χ0n) is 12.4. The molecule has 0 bridgehead atoms. The maximum absolute atomic E-state index is 12.2. The van der Waals surface area contributed by atoms with Crippen molar-refractivity contribution in [2.75, 3.05) is 5.32 Å². The molecule has 0 aliphatic rings. The lowest BCUT2D eigenvalue weighted by Gasteiger charge is -2.12. The normalized spacial score (nSPS) is 10.4. The highest BCUT2D eigenvalue weighted by Gasteiger charge is 2.10. The topological polar surface area (TPSA) is 61.4 Å². The summed E-state index contributed by atoms with van der Waals surface area (Å²) < 4.78 is 0. The van der Waals surface area contributed by atoms with Crippen molar-refractivity contribution >= 4 is 51.3 Å². The van der Waals surface area contributed by atoms with Crippen LogP contribution >= 0.6 is 23.8 Å². The predicted octanol–water partition coefficient (Wildman–Crippen LogP) is 4.33. The van der Waals surface area contributed by atoms with Crippen LogP contribution < -0.4 is 10.6 Å². The van der Waals surface area contributed by atoms with Crippen molar-refractivity contribution in [2.24, 2.45) is 0 Å². The fraction of sp³-hybridized carbons (Fsp3) is 0. The molecule has 0 aromatic heterocycles. The van der Waals surface area contributed by atoms with Gasteiger partial charge in [0.15, 0.2) is 5.11 Å². The van der Waals surface area contributed by atoms with Crippen LogP contribution in [0.3, 0.4) is 0 Å². The Bertz CT molecular complexity index is 943. The molecule has 0 spiro atoms. The maximum Gasteiger partial charge on any atom is 0.257 e. The van der Waals surface area contributed by atoms with E-state index in [1.165, 1.54) is 0 Å². The van der Waals surface area contributed by atoms with Crippen LogP contribution in [0, 0.1) is 0 Å². The zero-order valence-corrected chi connectivity index (χ0v) is 14.0. The first-order valence-electron chi connectivity index (χ1n) is 7.13. The third kappa shape index (κ3) is 3.48. The Hall–Kier alpha value is -2.63. The molecule has 3 N–H and O–H groups in total. The lowest BCUT2D eigenvalue weighted by molar-refractivity contribution is 0.0977. The average Bonchev–Trinajstić information content (AvgIpc) is 2.56. The minimum Gasteiger partial charge on any atom is -0.507 e. The molecule has 0 unspecified atom stereocenters. The molecule has 1 amide bonds. The number of fused-ring (bicyclic) bond motifs is 1. The summed E-state index contributed by atoms with van der Waals surface area (Å²) in [6.45, 7) is 0. The van der Waals surface area contributed by atoms with Crippen LogP contribution in [-0.2, 0) is 0 Å². The van der Waals surface area contributed by atoms with Crippen molar-refractivity contribution < 1.29 is 9.90 Å². The highest BCUT2D eigenvalue weighted by molar-refractivity contribution is 7.80. The van der Waals surface area contributed by atoms with Gasteiger partial charge in [-0.2, -0.15) is 0 Å². The fourth-order valence-electron chi connectivity index (χ4n) is 2.36. The van der Waals surface area contributed by atoms with Gasteiger partial charge in [0.05, 0.1) is 0 Å². The highest BCUT2D eigenvalue weighted by atomic mass is 35.5. The van der Waals surface area contributed by atoms with Gasteiger partial charge in [-0.15, -0.1) is 0 Å². The number of amides is 1. The van der Waals surface area contributed by atoms with Gasteiger partial charge in [-0.1, -0.05) is 41.9 Å². The molecule has 6 heteroatoms. The summed E-state index contributed by atoms with van der Waals surface area (Å²) in [6.07, 6.45) is 0. The van der Waals surface area contributed by atoms with Gasteiger partial charge in [0, 0.05) is 27.0 Å². The van der Waals surface area contributed by atoms with E-state index in [-0.39, 0.29) is 16.8 Å². The van der Waals surface area contributed by atoms with E-state index in [1.807, 2.05) is 18.2 Å². The molecule has 0 saturated carbocycles. The Labute approximate surface area is 149 Å². The average molecular weight is 357 g/mol. The molecule has 3 rings (SSSR count). The summed E-state index contributed by atoms with van der Waals surface area (Å²) >= 11 is 11.1. The minimum absolute atomic E-state index is 0.163. The second kappa shape index (κ2) is 6.86. The van der Waals surface area contributed by atoms with Gasteiger partial charge in [0.1, 0.15) is 5.75 Å². The van der Waals surface area contributed by atoms with Crippen molar-refractivity contribution in [3.63, 3.8) is 0 Å². The summed E-state index contributed by atoms with van der Waals surface area (Å²) in [5.74, 6) is -0.164. The smallest absolute Gasteiger partial charge is 0.257 e. The summed E-state index contributed by atoms with van der Waals surface area (Å²) in [5.41, 5.74) is 1.11. The second-order valence-electron chi connectivity index (χ2n) is 5.10. The molecule has 0 aliphatic heterocycles. The molecule has 0 saturated heterocycles. The van der Waals surface area contributed by atoms with Crippen LogP contribution in [0.25, 0.3) is 10.8 Å². The second-order valence-corrected chi connectivity index (χ2v) is 5.94. The molecule has 3 aromatic rings. The van der Waals surface area contributed by atoms with E-state index < -0.39 is 0 Å². The van der Waals surface area contributed by atoms with Crippen LogP contribution in [0.15, 0.2) is 60.7 Å². The Morgan fingerprint density at radius 1 is 1.00 bits per heavy atom. The molecule has 0 atom stereocenters. The number of rotatable bonds is 2. The third-order valence-corrected chi connectivity index (χ3v) is 3.90. The van der Waals surface area contributed by atoms with Crippen molar-refractivity contribution in [3.05, 3.63) is 71.2 Å². The van der Waals surface area contributed by atoms with Gasteiger partial charge in [0.25, 0.3) is 5.91 Å². The molecule has 120 valence electrons. The number of hydrogen-bond donors (Lipinski definition) is 3. The molecule has 0 fully saturated rings. The number of anilines is 1. The Morgan fingerprint density at radius 2 is 1.71 bits per heavy atom. The standard InChI is InChI=1S/C18H13ClN2O2S/c19-12-5-1-4-11(10-12)17(23)21-18(24)20-15-8-2-7-14-13(15)6-3-9-16(14)22/h1-10,22H,(H2,20,21,23,24). The number of thiocarbonyl (C=S) groups is 1. The first kappa shape index (κ1) is 16.2. The third-order valence-electron chi connectivity index (χ3n) is 3.46. The van der Waals surface area contributed by atoms with Crippen LogP contribution in [-0.4, -0.2) is 16.1 Å². The summed E-state index contributed by atoms with van der Waals surface area (Å²) in [7, 11) is 0. The summed E-state index contributed by atoms with van der Waals surface area (Å²) in [4.78, 5) is 12.2. The van der Waals surface area contributed by atoms with E-state index in [4.69, 9.17) is 23.8 Å². The Morgan fingerprint density at radius 3 is 2.50 bits per heavy atom. The molecule has 0 radical (unpaired) electrons. The van der Waals surface area contributed by atoms with Gasteiger partial charge in [-0.25, -0.2) is 0 Å². The van der Waals surface area contributed by atoms with Gasteiger partial charge >= 0.3 is 0 Å². The monoisotopic (exact) mass is 356 g/mol. The van der Waals surface area contributed by atoms with Crippen LogP contribution in [0.2, 0.25) is 5.02 Å². The lowest BCUT2D eigenvalue weighted by atomic mass is 10.1. The maximum atomic E-state index is 12.2. The molecular formula is C18H13ClN2O2S. The van der Waals surface area contributed by atoms with Crippen LogP contribution in [0.5, 0.6) is 5.75 Å². The Kier molecular flexibility index (Phi) is 4.64. The lowest BCUT2D eigenvalue weighted by Crippen LogP contribution is -2.34. The number of phenols is 1. The molecule has 0 heterocycles. The first-order chi connectivity index (χ1) is 11.5. The van der Waals surface area contributed by atoms with E-state index in [0.717, 1.165) is 5.39 Å². The highest BCUT2D eigenvalue weighted by Crippen LogP contribution is 2.29. The van der Waals surface area contributed by atoms with Gasteiger partial charge in [0.2, 0.25) is 0 Å². The molecule has 24 heavy (non-hydrogen) atoms. The van der Waals surface area contributed by atoms with Gasteiger partial charge in [-0.3, -0.25) is 10.1 Å². The van der Waals surface area contributed by atoms with E-state index in [1.54, 1.807) is 42.5 Å². The van der Waals surface area contributed by atoms with Crippen molar-refractivity contribution in [1.29, 1.82) is 0 Å². The zero-order chi connectivity index (χ0) is 17.1. The number of carbonyl (C=O) groups excluding carboxylic acids is 1. The molecule has 4 nitrogen and oxygen atoms in total. The van der Waals surface area contributed by atoms with Crippen molar-refractivity contribution in [1.82, 2.24) is 5.32 Å². The van der Waals surface area contributed by atoms with Gasteiger partial charge < -0.3 is 10.4 Å². The first-order valence-corrected chi connectivity index (χ1v) is 7.92. The number of carbonyl (C=O) groups is 1. The van der Waals surface area contributed by atoms with E-state index in [9.17, 15) is 9.90 Å². The van der Waals surface area contributed by atoms with Crippen LogP contribution in [0.1, 0.15) is 10.4 Å². The van der Waals surface area contributed by atoms with Gasteiger partial charge in [-0.05, 0) is 42.5 Å². The van der Waals surface area contributed by atoms with Crippen molar-refractivity contribution in [2.45, 2.75) is 0 Å². The summed E-state index contributed by atoms with van der Waals surface area (Å²) in [6, 6.07) is 17.3. The number of aromatic hydroxyl groups is 1. The van der Waals surface area contributed by atoms with Crippen LogP contribution in [0.4, 0.5) is 5.69 Å². The molecule has 3 aromatic carbocycles. The summed E-state index contributed by atoms with van der Waals surface area (Å²) in [5, 5.41) is 17.6. The Balaban J connectivity index is 1.78. The van der Waals surface area contributed by atoms with E-state index in [2.05, 4.69) is 10.6 Å². The fourth-order valence-corrected chi connectivity index (χ4v) is 2.75. The predicted molar refractivity (Wildman–Crippen MR) is 101 cm³/mol. The van der Waals surface area contributed by atoms with E-state index >= 15 is 0 Å².